The summed E-state index contributed by atoms with van der Waals surface area (Å²) in [6.45, 7) is 5.35. The van der Waals surface area contributed by atoms with Crippen LogP contribution in [0.5, 0.6) is 0 Å². The molecule has 5 nitrogen and oxygen atoms in total. The highest BCUT2D eigenvalue weighted by molar-refractivity contribution is 14.0. The van der Waals surface area contributed by atoms with Crippen molar-refractivity contribution in [2.45, 2.75) is 45.3 Å². The second-order valence-corrected chi connectivity index (χ2v) is 7.02. The second kappa shape index (κ2) is 11.3. The third-order valence-electron chi connectivity index (χ3n) is 3.90. The number of aromatic nitrogens is 1. The van der Waals surface area contributed by atoms with Gasteiger partial charge in [0.1, 0.15) is 0 Å². The van der Waals surface area contributed by atoms with Gasteiger partial charge in [0, 0.05) is 44.0 Å². The summed E-state index contributed by atoms with van der Waals surface area (Å²) in [5.74, 6) is 0.660. The minimum absolute atomic E-state index is 0. The zero-order chi connectivity index (χ0) is 18.3. The van der Waals surface area contributed by atoms with Crippen LogP contribution in [-0.4, -0.2) is 60.8 Å². The van der Waals surface area contributed by atoms with Crippen LogP contribution in [0.2, 0.25) is 0 Å². The van der Waals surface area contributed by atoms with Gasteiger partial charge < -0.3 is 10.6 Å². The molecule has 1 saturated heterocycles. The molecule has 0 amide bonds. The van der Waals surface area contributed by atoms with Crippen molar-refractivity contribution in [3.63, 3.8) is 0 Å². The molecular weight excluding hydrogens is 478 g/mol. The lowest BCUT2D eigenvalue weighted by molar-refractivity contribution is -0.143. The Morgan fingerprint density at radius 3 is 2.81 bits per heavy atom. The van der Waals surface area contributed by atoms with Crippen molar-refractivity contribution >= 4 is 41.3 Å². The van der Waals surface area contributed by atoms with Gasteiger partial charge in [-0.25, -0.2) is 4.98 Å². The quantitative estimate of drug-likeness (QED) is 0.340. The van der Waals surface area contributed by atoms with Gasteiger partial charge in [-0.15, -0.1) is 35.3 Å². The fraction of sp³-hybridized carbons (Fsp3) is 0.750. The zero-order valence-corrected chi connectivity index (χ0v) is 18.3. The Hall–Kier alpha value is -0.620. The maximum atomic E-state index is 12.5. The smallest absolute Gasteiger partial charge is 0.357 e. The van der Waals surface area contributed by atoms with Crippen molar-refractivity contribution in [1.82, 2.24) is 20.5 Å². The Balaban J connectivity index is 0.00000338. The summed E-state index contributed by atoms with van der Waals surface area (Å²) in [7, 11) is 0. The highest BCUT2D eigenvalue weighted by Gasteiger charge is 2.34. The van der Waals surface area contributed by atoms with Crippen molar-refractivity contribution in [3.05, 3.63) is 16.1 Å². The Labute approximate surface area is 173 Å². The normalized spacial score (nSPS) is 18.7. The Morgan fingerprint density at radius 1 is 1.42 bits per heavy atom. The maximum Gasteiger partial charge on any atom is 0.401 e. The van der Waals surface area contributed by atoms with E-state index in [0.29, 0.717) is 38.6 Å². The number of nitrogens with one attached hydrogen (secondary N) is 2. The predicted octanol–water partition coefficient (Wildman–Crippen LogP) is 3.06. The van der Waals surface area contributed by atoms with Crippen LogP contribution in [0, 0.1) is 0 Å². The monoisotopic (exact) mass is 505 g/mol. The minimum atomic E-state index is -4.14. The summed E-state index contributed by atoms with van der Waals surface area (Å²) in [6.07, 6.45) is -1.75. The van der Waals surface area contributed by atoms with E-state index >= 15 is 0 Å². The van der Waals surface area contributed by atoms with Crippen LogP contribution in [0.25, 0.3) is 0 Å². The first kappa shape index (κ1) is 23.4. The Kier molecular flexibility index (Phi) is 10.2. The number of aliphatic imine (C=N–C) groups is 1. The van der Waals surface area contributed by atoms with Crippen molar-refractivity contribution in [2.24, 2.45) is 4.99 Å². The van der Waals surface area contributed by atoms with Crippen LogP contribution in [0.15, 0.2) is 10.4 Å². The summed E-state index contributed by atoms with van der Waals surface area (Å²) in [6, 6.07) is -0.00823. The molecular formula is C16H27F3IN5S. The molecule has 0 radical (unpaired) electrons. The first-order valence-electron chi connectivity index (χ1n) is 8.66. The van der Waals surface area contributed by atoms with E-state index in [0.717, 1.165) is 23.5 Å². The number of halogens is 4. The molecule has 0 bridgehead atoms. The van der Waals surface area contributed by atoms with Crippen LogP contribution in [0.1, 0.15) is 31.0 Å². The average molecular weight is 505 g/mol. The van der Waals surface area contributed by atoms with Crippen molar-refractivity contribution < 1.29 is 13.2 Å². The molecule has 1 aliphatic heterocycles. The van der Waals surface area contributed by atoms with Crippen molar-refractivity contribution in [1.29, 1.82) is 0 Å². The number of nitrogens with zero attached hydrogens (tertiary/aromatic N) is 3. The molecule has 1 aliphatic rings. The van der Waals surface area contributed by atoms with Crippen LogP contribution < -0.4 is 10.6 Å². The summed E-state index contributed by atoms with van der Waals surface area (Å²) in [5.41, 5.74) is 1.04. The van der Waals surface area contributed by atoms with Gasteiger partial charge in [0.05, 0.1) is 17.2 Å². The highest BCUT2D eigenvalue weighted by atomic mass is 127. The molecule has 150 valence electrons. The van der Waals surface area contributed by atoms with Crippen LogP contribution in [0.4, 0.5) is 13.2 Å². The number of alkyl halides is 3. The first-order chi connectivity index (χ1) is 11.9. The molecule has 2 heterocycles. The van der Waals surface area contributed by atoms with Gasteiger partial charge >= 0.3 is 6.18 Å². The summed E-state index contributed by atoms with van der Waals surface area (Å²) >= 11 is 1.66. The van der Waals surface area contributed by atoms with E-state index in [2.05, 4.69) is 32.9 Å². The standard InChI is InChI=1S/C16H26F3N5S.HI/c1-3-14-22-13(10-25-14)5-7-21-15(20-4-2)23-12-6-8-24(9-12)11-16(17,18)19;/h10,12H,3-9,11H2,1-2H3,(H2,20,21,23);1H. The third kappa shape index (κ3) is 8.38. The molecule has 0 aliphatic carbocycles. The molecule has 1 unspecified atom stereocenters. The van der Waals surface area contributed by atoms with Crippen LogP contribution in [0.3, 0.4) is 0 Å². The Morgan fingerprint density at radius 2 is 2.19 bits per heavy atom. The van der Waals surface area contributed by atoms with Gasteiger partial charge in [-0.05, 0) is 19.8 Å². The largest absolute Gasteiger partial charge is 0.401 e. The molecule has 2 rings (SSSR count). The molecule has 0 saturated carbocycles. The number of hydrogen-bond acceptors (Lipinski definition) is 4. The highest BCUT2D eigenvalue weighted by Crippen LogP contribution is 2.19. The molecule has 10 heteroatoms. The lowest BCUT2D eigenvalue weighted by Crippen LogP contribution is -2.45. The number of rotatable bonds is 7. The summed E-state index contributed by atoms with van der Waals surface area (Å²) in [5, 5.41) is 9.58. The number of aryl methyl sites for hydroxylation is 1. The molecule has 1 atom stereocenters. The molecule has 1 aromatic heterocycles. The number of likely N-dealkylation sites (tertiary alicyclic amines) is 1. The second-order valence-electron chi connectivity index (χ2n) is 6.08. The minimum Gasteiger partial charge on any atom is -0.357 e. The average Bonchev–Trinajstić information content (AvgIpc) is 3.15. The SMILES string of the molecule is CCNC(=NCCc1csc(CC)n1)NC1CCN(CC(F)(F)F)C1.I. The van der Waals surface area contributed by atoms with Gasteiger partial charge in [-0.2, -0.15) is 13.2 Å². The number of guanidine groups is 1. The van der Waals surface area contributed by atoms with Crippen LogP contribution in [-0.2, 0) is 12.8 Å². The lowest BCUT2D eigenvalue weighted by Gasteiger charge is -2.19. The molecule has 2 N–H and O–H groups in total. The fourth-order valence-corrected chi connectivity index (χ4v) is 3.55. The third-order valence-corrected chi connectivity index (χ3v) is 4.94. The Bertz CT molecular complexity index is 564. The van der Waals surface area contributed by atoms with E-state index in [4.69, 9.17) is 0 Å². The van der Waals surface area contributed by atoms with E-state index in [-0.39, 0.29) is 30.0 Å². The predicted molar refractivity (Wildman–Crippen MR) is 111 cm³/mol. The molecule has 0 spiro atoms. The molecule has 26 heavy (non-hydrogen) atoms. The van der Waals surface area contributed by atoms with Crippen molar-refractivity contribution in [2.75, 3.05) is 32.7 Å². The number of thiazole rings is 1. The van der Waals surface area contributed by atoms with E-state index in [1.807, 2.05) is 6.92 Å². The topological polar surface area (TPSA) is 52.6 Å². The van der Waals surface area contributed by atoms with Gasteiger partial charge in [-0.1, -0.05) is 6.92 Å². The van der Waals surface area contributed by atoms with E-state index < -0.39 is 12.7 Å². The van der Waals surface area contributed by atoms with Gasteiger partial charge in [0.2, 0.25) is 0 Å². The van der Waals surface area contributed by atoms with Crippen LogP contribution >= 0.6 is 35.3 Å². The molecule has 0 aromatic carbocycles. The summed E-state index contributed by atoms with van der Waals surface area (Å²) in [4.78, 5) is 10.5. The maximum absolute atomic E-state index is 12.5. The number of hydrogen-bond donors (Lipinski definition) is 2. The van der Waals surface area contributed by atoms with Gasteiger partial charge in [0.15, 0.2) is 5.96 Å². The fourth-order valence-electron chi connectivity index (χ4n) is 2.77. The zero-order valence-electron chi connectivity index (χ0n) is 15.1. The lowest BCUT2D eigenvalue weighted by atomic mass is 10.3. The van der Waals surface area contributed by atoms with Gasteiger partial charge in [-0.3, -0.25) is 9.89 Å². The summed E-state index contributed by atoms with van der Waals surface area (Å²) < 4.78 is 37.4. The van der Waals surface area contributed by atoms with E-state index in [1.165, 1.54) is 4.90 Å². The van der Waals surface area contributed by atoms with Crippen molar-refractivity contribution in [3.8, 4) is 0 Å². The molecule has 1 fully saturated rings. The molecule has 1 aromatic rings. The van der Waals surface area contributed by atoms with E-state index in [1.54, 1.807) is 11.3 Å². The van der Waals surface area contributed by atoms with Gasteiger partial charge in [0.25, 0.3) is 0 Å². The first-order valence-corrected chi connectivity index (χ1v) is 9.54. The van der Waals surface area contributed by atoms with E-state index in [9.17, 15) is 13.2 Å².